The van der Waals surface area contributed by atoms with Crippen molar-refractivity contribution in [1.82, 2.24) is 5.32 Å². The van der Waals surface area contributed by atoms with Crippen LogP contribution in [0.15, 0.2) is 18.2 Å². The Morgan fingerprint density at radius 1 is 1.56 bits per heavy atom. The largest absolute Gasteiger partial charge is 0.489 e. The Labute approximate surface area is 94.8 Å². The second-order valence-corrected chi connectivity index (χ2v) is 4.08. The molecule has 0 radical (unpaired) electrons. The highest BCUT2D eigenvalue weighted by atomic mass is 16.5. The molecule has 0 aliphatic carbocycles. The highest BCUT2D eigenvalue weighted by Crippen LogP contribution is 2.21. The molecule has 86 valence electrons. The van der Waals surface area contributed by atoms with Crippen molar-refractivity contribution in [3.05, 3.63) is 29.3 Å². The van der Waals surface area contributed by atoms with Gasteiger partial charge < -0.3 is 15.8 Å². The molecule has 4 nitrogen and oxygen atoms in total. The molecule has 1 fully saturated rings. The van der Waals surface area contributed by atoms with Crippen molar-refractivity contribution >= 4 is 5.91 Å². The number of carbonyl (C=O) groups is 1. The molecular weight excluding hydrogens is 204 g/mol. The molecule has 1 aromatic carbocycles. The minimum atomic E-state index is -0.405. The van der Waals surface area contributed by atoms with E-state index in [2.05, 4.69) is 5.32 Å². The van der Waals surface area contributed by atoms with Gasteiger partial charge in [0.2, 0.25) is 5.91 Å². The maximum atomic E-state index is 11.0. The number of carbonyl (C=O) groups excluding carboxylic acids is 1. The third-order valence-corrected chi connectivity index (χ3v) is 2.77. The van der Waals surface area contributed by atoms with Gasteiger partial charge in [-0.3, -0.25) is 4.79 Å². The molecular formula is C12H16N2O2. The van der Waals surface area contributed by atoms with Crippen LogP contribution in [0.3, 0.4) is 0 Å². The van der Waals surface area contributed by atoms with Crippen molar-refractivity contribution in [2.24, 2.45) is 5.73 Å². The van der Waals surface area contributed by atoms with Crippen molar-refractivity contribution in [3.63, 3.8) is 0 Å². The lowest BCUT2D eigenvalue weighted by Gasteiger charge is -2.14. The summed E-state index contributed by atoms with van der Waals surface area (Å²) >= 11 is 0. The SMILES string of the molecule is Cc1cc(C(N)=O)ccc1OC1CCNC1. The standard InChI is InChI=1S/C12H16N2O2/c1-8-6-9(12(13)15)2-3-11(8)16-10-4-5-14-7-10/h2-3,6,10,14H,4-5,7H2,1H3,(H2,13,15). The second kappa shape index (κ2) is 4.53. The summed E-state index contributed by atoms with van der Waals surface area (Å²) in [6, 6.07) is 5.28. The lowest BCUT2D eigenvalue weighted by molar-refractivity contribution is 0.1000. The van der Waals surface area contributed by atoms with Gasteiger partial charge in [-0.1, -0.05) is 0 Å². The average molecular weight is 220 g/mol. The van der Waals surface area contributed by atoms with Crippen LogP contribution in [0, 0.1) is 6.92 Å². The molecule has 3 N–H and O–H groups in total. The zero-order valence-corrected chi connectivity index (χ0v) is 9.32. The van der Waals surface area contributed by atoms with E-state index in [9.17, 15) is 4.79 Å². The summed E-state index contributed by atoms with van der Waals surface area (Å²) in [6.45, 7) is 3.81. The lowest BCUT2D eigenvalue weighted by Crippen LogP contribution is -2.20. The van der Waals surface area contributed by atoms with Gasteiger partial charge >= 0.3 is 0 Å². The van der Waals surface area contributed by atoms with E-state index in [1.807, 2.05) is 13.0 Å². The molecule has 0 aromatic heterocycles. The molecule has 0 saturated carbocycles. The van der Waals surface area contributed by atoms with E-state index in [0.717, 1.165) is 30.8 Å². The number of nitrogens with one attached hydrogen (secondary N) is 1. The summed E-state index contributed by atoms with van der Waals surface area (Å²) in [7, 11) is 0. The van der Waals surface area contributed by atoms with Gasteiger partial charge in [-0.05, 0) is 43.7 Å². The first-order valence-electron chi connectivity index (χ1n) is 5.44. The van der Waals surface area contributed by atoms with Crippen molar-refractivity contribution in [2.45, 2.75) is 19.4 Å². The number of rotatable bonds is 3. The van der Waals surface area contributed by atoms with Crippen molar-refractivity contribution in [1.29, 1.82) is 0 Å². The van der Waals surface area contributed by atoms with Crippen LogP contribution in [-0.4, -0.2) is 25.1 Å². The predicted octanol–water partition coefficient (Wildman–Crippen LogP) is 0.835. The van der Waals surface area contributed by atoms with E-state index in [0.29, 0.717) is 5.56 Å². The van der Waals surface area contributed by atoms with Crippen molar-refractivity contribution in [3.8, 4) is 5.75 Å². The van der Waals surface area contributed by atoms with E-state index < -0.39 is 5.91 Å². The molecule has 1 amide bonds. The molecule has 1 unspecified atom stereocenters. The van der Waals surface area contributed by atoms with Crippen LogP contribution in [0.2, 0.25) is 0 Å². The Morgan fingerprint density at radius 2 is 2.38 bits per heavy atom. The fourth-order valence-corrected chi connectivity index (χ4v) is 1.84. The number of hydrogen-bond donors (Lipinski definition) is 2. The topological polar surface area (TPSA) is 64.4 Å². The molecule has 0 bridgehead atoms. The number of nitrogens with two attached hydrogens (primary N) is 1. The number of hydrogen-bond acceptors (Lipinski definition) is 3. The Morgan fingerprint density at radius 3 is 2.94 bits per heavy atom. The number of aryl methyl sites for hydroxylation is 1. The summed E-state index contributed by atoms with van der Waals surface area (Å²) in [5, 5.41) is 3.24. The van der Waals surface area contributed by atoms with Crippen LogP contribution in [0.25, 0.3) is 0 Å². The first-order valence-corrected chi connectivity index (χ1v) is 5.44. The van der Waals surface area contributed by atoms with Gasteiger partial charge in [-0.25, -0.2) is 0 Å². The summed E-state index contributed by atoms with van der Waals surface area (Å²) < 4.78 is 5.83. The summed E-state index contributed by atoms with van der Waals surface area (Å²) in [5.74, 6) is 0.427. The minimum Gasteiger partial charge on any atom is -0.489 e. The van der Waals surface area contributed by atoms with Gasteiger partial charge in [-0.2, -0.15) is 0 Å². The Kier molecular flexibility index (Phi) is 3.10. The molecule has 1 aromatic rings. The van der Waals surface area contributed by atoms with Gasteiger partial charge in [0.15, 0.2) is 0 Å². The highest BCUT2D eigenvalue weighted by Gasteiger charge is 2.16. The quantitative estimate of drug-likeness (QED) is 0.793. The Bertz CT molecular complexity index is 398. The number of amides is 1. The second-order valence-electron chi connectivity index (χ2n) is 4.08. The maximum absolute atomic E-state index is 11.0. The zero-order chi connectivity index (χ0) is 11.5. The van der Waals surface area contributed by atoms with Crippen LogP contribution in [0.4, 0.5) is 0 Å². The Balaban J connectivity index is 2.12. The highest BCUT2D eigenvalue weighted by molar-refractivity contribution is 5.93. The molecule has 1 aliphatic rings. The first kappa shape index (κ1) is 11.0. The molecule has 2 rings (SSSR count). The van der Waals surface area contributed by atoms with Crippen molar-refractivity contribution in [2.75, 3.05) is 13.1 Å². The lowest BCUT2D eigenvalue weighted by atomic mass is 10.1. The summed E-state index contributed by atoms with van der Waals surface area (Å²) in [6.07, 6.45) is 1.26. The van der Waals surface area contributed by atoms with E-state index in [1.54, 1.807) is 12.1 Å². The van der Waals surface area contributed by atoms with Gasteiger partial charge in [-0.15, -0.1) is 0 Å². The summed E-state index contributed by atoms with van der Waals surface area (Å²) in [5.41, 5.74) is 6.68. The Hall–Kier alpha value is -1.55. The van der Waals surface area contributed by atoms with Gasteiger partial charge in [0.1, 0.15) is 11.9 Å². The maximum Gasteiger partial charge on any atom is 0.248 e. The van der Waals surface area contributed by atoms with E-state index >= 15 is 0 Å². The van der Waals surface area contributed by atoms with Crippen LogP contribution >= 0.6 is 0 Å². The average Bonchev–Trinajstić information content (AvgIpc) is 2.73. The number of ether oxygens (including phenoxy) is 1. The molecule has 1 saturated heterocycles. The van der Waals surface area contributed by atoms with E-state index in [4.69, 9.17) is 10.5 Å². The molecule has 1 aliphatic heterocycles. The van der Waals surface area contributed by atoms with E-state index in [1.165, 1.54) is 0 Å². The fraction of sp³-hybridized carbons (Fsp3) is 0.417. The van der Waals surface area contributed by atoms with Gasteiger partial charge in [0, 0.05) is 12.1 Å². The normalized spacial score (nSPS) is 19.7. The number of primary amides is 1. The fourth-order valence-electron chi connectivity index (χ4n) is 1.84. The molecule has 1 atom stereocenters. The van der Waals surface area contributed by atoms with Crippen LogP contribution < -0.4 is 15.8 Å². The number of benzene rings is 1. The zero-order valence-electron chi connectivity index (χ0n) is 9.32. The molecule has 16 heavy (non-hydrogen) atoms. The molecule has 1 heterocycles. The molecule has 0 spiro atoms. The molecule has 4 heteroatoms. The minimum absolute atomic E-state index is 0.234. The summed E-state index contributed by atoms with van der Waals surface area (Å²) in [4.78, 5) is 11.0. The van der Waals surface area contributed by atoms with Crippen LogP contribution in [0.1, 0.15) is 22.3 Å². The predicted molar refractivity (Wildman–Crippen MR) is 61.6 cm³/mol. The third-order valence-electron chi connectivity index (χ3n) is 2.77. The van der Waals surface area contributed by atoms with Crippen molar-refractivity contribution < 1.29 is 9.53 Å². The third kappa shape index (κ3) is 2.33. The van der Waals surface area contributed by atoms with Crippen LogP contribution in [0.5, 0.6) is 5.75 Å². The monoisotopic (exact) mass is 220 g/mol. The van der Waals surface area contributed by atoms with Gasteiger partial charge in [0.25, 0.3) is 0 Å². The van der Waals surface area contributed by atoms with E-state index in [-0.39, 0.29) is 6.10 Å². The first-order chi connectivity index (χ1) is 7.66. The van der Waals surface area contributed by atoms with Crippen LogP contribution in [-0.2, 0) is 0 Å². The smallest absolute Gasteiger partial charge is 0.248 e. The van der Waals surface area contributed by atoms with Gasteiger partial charge in [0.05, 0.1) is 0 Å².